The number of hydrogen-bond acceptors (Lipinski definition) is 2. The Balaban J connectivity index is 2.15. The molecule has 1 aliphatic rings. The summed E-state index contributed by atoms with van der Waals surface area (Å²) in [4.78, 5) is 2.47. The van der Waals surface area contributed by atoms with Gasteiger partial charge in [0.25, 0.3) is 0 Å². The van der Waals surface area contributed by atoms with Gasteiger partial charge in [-0.05, 0) is 43.9 Å². The summed E-state index contributed by atoms with van der Waals surface area (Å²) in [5.74, 6) is 0. The van der Waals surface area contributed by atoms with Crippen LogP contribution in [-0.2, 0) is 0 Å². The van der Waals surface area contributed by atoms with Gasteiger partial charge in [0.2, 0.25) is 0 Å². The van der Waals surface area contributed by atoms with Gasteiger partial charge in [-0.2, -0.15) is 0 Å². The van der Waals surface area contributed by atoms with Crippen LogP contribution in [0.25, 0.3) is 0 Å². The summed E-state index contributed by atoms with van der Waals surface area (Å²) in [6.45, 7) is 3.86. The number of benzene rings is 1. The van der Waals surface area contributed by atoms with E-state index in [0.717, 1.165) is 19.1 Å². The molecule has 2 N–H and O–H groups in total. The Morgan fingerprint density at radius 3 is 2.73 bits per heavy atom. The summed E-state index contributed by atoms with van der Waals surface area (Å²) in [5, 5.41) is 0. The molecule has 0 aromatic heterocycles. The third kappa shape index (κ3) is 2.32. The van der Waals surface area contributed by atoms with Crippen molar-refractivity contribution in [3.8, 4) is 0 Å². The van der Waals surface area contributed by atoms with Crippen molar-refractivity contribution in [2.24, 2.45) is 5.73 Å². The monoisotopic (exact) mass is 204 g/mol. The highest BCUT2D eigenvalue weighted by atomic mass is 15.2. The number of nitrogens with zero attached hydrogens (tertiary/aromatic N) is 1. The summed E-state index contributed by atoms with van der Waals surface area (Å²) in [6.07, 6.45) is 4.03. The maximum absolute atomic E-state index is 5.68. The fourth-order valence-electron chi connectivity index (χ4n) is 2.17. The lowest BCUT2D eigenvalue weighted by Gasteiger charge is -2.39. The van der Waals surface area contributed by atoms with E-state index in [1.807, 2.05) is 0 Å². The molecule has 1 fully saturated rings. The number of hydrogen-bond donors (Lipinski definition) is 1. The van der Waals surface area contributed by atoms with Gasteiger partial charge in [0, 0.05) is 24.8 Å². The number of aryl methyl sites for hydroxylation is 1. The van der Waals surface area contributed by atoms with E-state index < -0.39 is 0 Å². The molecule has 2 nitrogen and oxygen atoms in total. The van der Waals surface area contributed by atoms with E-state index in [0.29, 0.717) is 0 Å². The predicted molar refractivity (Wildman–Crippen MR) is 65.2 cm³/mol. The van der Waals surface area contributed by atoms with E-state index in [4.69, 9.17) is 5.73 Å². The average molecular weight is 204 g/mol. The Labute approximate surface area is 92.1 Å². The van der Waals surface area contributed by atoms with Crippen molar-refractivity contribution >= 4 is 5.69 Å². The Bertz CT molecular complexity index is 318. The molecule has 82 valence electrons. The second kappa shape index (κ2) is 4.67. The van der Waals surface area contributed by atoms with Gasteiger partial charge in [-0.3, -0.25) is 0 Å². The standard InChI is InChI=1S/C13H20N2/c1-11-4-2-7-13(10-11)15(9-8-14)12-5-3-6-12/h2,4,7,10,12H,3,5-6,8-9,14H2,1H3. The van der Waals surface area contributed by atoms with Crippen molar-refractivity contribution in [3.63, 3.8) is 0 Å². The zero-order chi connectivity index (χ0) is 10.7. The summed E-state index contributed by atoms with van der Waals surface area (Å²) in [5.41, 5.74) is 8.35. The van der Waals surface area contributed by atoms with Crippen molar-refractivity contribution in [2.45, 2.75) is 32.2 Å². The fraction of sp³-hybridized carbons (Fsp3) is 0.538. The lowest BCUT2D eigenvalue weighted by atomic mass is 9.91. The van der Waals surface area contributed by atoms with Gasteiger partial charge in [0.15, 0.2) is 0 Å². The van der Waals surface area contributed by atoms with Crippen LogP contribution in [0.4, 0.5) is 5.69 Å². The lowest BCUT2D eigenvalue weighted by molar-refractivity contribution is 0.388. The smallest absolute Gasteiger partial charge is 0.0371 e. The minimum absolute atomic E-state index is 0.732. The molecule has 0 radical (unpaired) electrons. The Morgan fingerprint density at radius 1 is 1.40 bits per heavy atom. The van der Waals surface area contributed by atoms with Crippen molar-refractivity contribution in [1.82, 2.24) is 0 Å². The quantitative estimate of drug-likeness (QED) is 0.815. The minimum Gasteiger partial charge on any atom is -0.367 e. The largest absolute Gasteiger partial charge is 0.367 e. The van der Waals surface area contributed by atoms with E-state index in [1.54, 1.807) is 0 Å². The normalized spacial score (nSPS) is 16.1. The maximum atomic E-state index is 5.68. The molecule has 0 spiro atoms. The SMILES string of the molecule is Cc1cccc(N(CCN)C2CCC2)c1. The zero-order valence-electron chi connectivity index (χ0n) is 9.45. The minimum atomic E-state index is 0.732. The molecular formula is C13H20N2. The zero-order valence-corrected chi connectivity index (χ0v) is 9.45. The molecule has 1 aromatic rings. The van der Waals surface area contributed by atoms with Crippen LogP contribution in [0.3, 0.4) is 0 Å². The number of anilines is 1. The molecule has 0 heterocycles. The van der Waals surface area contributed by atoms with Crippen LogP contribution in [-0.4, -0.2) is 19.1 Å². The molecule has 15 heavy (non-hydrogen) atoms. The van der Waals surface area contributed by atoms with Gasteiger partial charge in [0.1, 0.15) is 0 Å². The molecule has 0 aliphatic heterocycles. The first-order chi connectivity index (χ1) is 7.31. The Kier molecular flexibility index (Phi) is 3.27. The molecule has 1 saturated carbocycles. The highest BCUT2D eigenvalue weighted by Crippen LogP contribution is 2.29. The Hall–Kier alpha value is -1.02. The Morgan fingerprint density at radius 2 is 2.20 bits per heavy atom. The van der Waals surface area contributed by atoms with Crippen molar-refractivity contribution in [1.29, 1.82) is 0 Å². The third-order valence-corrected chi connectivity index (χ3v) is 3.22. The van der Waals surface area contributed by atoms with Crippen molar-refractivity contribution < 1.29 is 0 Å². The second-order valence-corrected chi connectivity index (χ2v) is 4.41. The molecule has 0 atom stereocenters. The van der Waals surface area contributed by atoms with E-state index >= 15 is 0 Å². The van der Waals surface area contributed by atoms with Crippen LogP contribution >= 0.6 is 0 Å². The summed E-state index contributed by atoms with van der Waals surface area (Å²) < 4.78 is 0. The van der Waals surface area contributed by atoms with Gasteiger partial charge >= 0.3 is 0 Å². The number of nitrogens with two attached hydrogens (primary N) is 1. The van der Waals surface area contributed by atoms with E-state index in [2.05, 4.69) is 36.1 Å². The molecule has 1 aromatic carbocycles. The van der Waals surface area contributed by atoms with E-state index in [9.17, 15) is 0 Å². The van der Waals surface area contributed by atoms with Crippen LogP contribution in [0.1, 0.15) is 24.8 Å². The first-order valence-corrected chi connectivity index (χ1v) is 5.84. The van der Waals surface area contributed by atoms with E-state index in [-0.39, 0.29) is 0 Å². The first kappa shape index (κ1) is 10.5. The summed E-state index contributed by atoms with van der Waals surface area (Å²) in [7, 11) is 0. The van der Waals surface area contributed by atoms with Crippen LogP contribution in [0.2, 0.25) is 0 Å². The van der Waals surface area contributed by atoms with E-state index in [1.165, 1.54) is 30.5 Å². The van der Waals surface area contributed by atoms with Gasteiger partial charge in [-0.1, -0.05) is 12.1 Å². The second-order valence-electron chi connectivity index (χ2n) is 4.41. The molecule has 0 unspecified atom stereocenters. The molecule has 1 aliphatic carbocycles. The molecule has 0 amide bonds. The molecule has 2 heteroatoms. The van der Waals surface area contributed by atoms with Gasteiger partial charge in [-0.25, -0.2) is 0 Å². The highest BCUT2D eigenvalue weighted by Gasteiger charge is 2.24. The molecule has 0 bridgehead atoms. The maximum Gasteiger partial charge on any atom is 0.0371 e. The van der Waals surface area contributed by atoms with Crippen LogP contribution < -0.4 is 10.6 Å². The van der Waals surface area contributed by atoms with Gasteiger partial charge < -0.3 is 10.6 Å². The topological polar surface area (TPSA) is 29.3 Å². The average Bonchev–Trinajstić information content (AvgIpc) is 2.14. The first-order valence-electron chi connectivity index (χ1n) is 5.84. The van der Waals surface area contributed by atoms with Gasteiger partial charge in [-0.15, -0.1) is 0 Å². The molecule has 0 saturated heterocycles. The predicted octanol–water partition coefficient (Wildman–Crippen LogP) is 2.31. The number of rotatable bonds is 4. The summed E-state index contributed by atoms with van der Waals surface area (Å²) in [6, 6.07) is 9.46. The lowest BCUT2D eigenvalue weighted by Crippen LogP contribution is -2.43. The van der Waals surface area contributed by atoms with Crippen LogP contribution in [0.15, 0.2) is 24.3 Å². The van der Waals surface area contributed by atoms with Crippen LogP contribution in [0, 0.1) is 6.92 Å². The highest BCUT2D eigenvalue weighted by molar-refractivity contribution is 5.49. The third-order valence-electron chi connectivity index (χ3n) is 3.22. The molecule has 2 rings (SSSR count). The fourth-order valence-corrected chi connectivity index (χ4v) is 2.17. The molecular weight excluding hydrogens is 184 g/mol. The van der Waals surface area contributed by atoms with Crippen LogP contribution in [0.5, 0.6) is 0 Å². The summed E-state index contributed by atoms with van der Waals surface area (Å²) >= 11 is 0. The van der Waals surface area contributed by atoms with Crippen molar-refractivity contribution in [3.05, 3.63) is 29.8 Å². The van der Waals surface area contributed by atoms with Crippen molar-refractivity contribution in [2.75, 3.05) is 18.0 Å². The van der Waals surface area contributed by atoms with Gasteiger partial charge in [0.05, 0.1) is 0 Å².